The highest BCUT2D eigenvalue weighted by Crippen LogP contribution is 2.35. The number of hydrogen-bond donors (Lipinski definition) is 1. The number of hydrogen-bond acceptors (Lipinski definition) is 4. The molecule has 0 aromatic carbocycles. The van der Waals surface area contributed by atoms with E-state index in [4.69, 9.17) is 0 Å². The van der Waals surface area contributed by atoms with Crippen LogP contribution in [0.2, 0.25) is 0 Å². The third-order valence-electron chi connectivity index (χ3n) is 5.67. The first-order chi connectivity index (χ1) is 12.6. The van der Waals surface area contributed by atoms with Crippen LogP contribution in [-0.4, -0.2) is 54.3 Å². The lowest BCUT2D eigenvalue weighted by atomic mass is 9.95. The van der Waals surface area contributed by atoms with Crippen LogP contribution in [0.1, 0.15) is 56.0 Å². The number of thiophene rings is 1. The molecule has 2 amide bonds. The van der Waals surface area contributed by atoms with Crippen molar-refractivity contribution in [2.45, 2.75) is 52.0 Å². The minimum absolute atomic E-state index is 0.111. The van der Waals surface area contributed by atoms with Gasteiger partial charge in [-0.25, -0.2) is 0 Å². The Morgan fingerprint density at radius 2 is 2.00 bits per heavy atom. The molecule has 5 nitrogen and oxygen atoms in total. The summed E-state index contributed by atoms with van der Waals surface area (Å²) >= 11 is 1.82. The van der Waals surface area contributed by atoms with Gasteiger partial charge < -0.3 is 10.2 Å². The minimum Gasteiger partial charge on any atom is -0.356 e. The first kappa shape index (κ1) is 19.4. The number of rotatable bonds is 6. The van der Waals surface area contributed by atoms with Crippen LogP contribution in [0, 0.1) is 5.92 Å². The predicted octanol–water partition coefficient (Wildman–Crippen LogP) is 2.82. The number of nitrogens with one attached hydrogen (secondary N) is 1. The maximum absolute atomic E-state index is 12.9. The Kier molecular flexibility index (Phi) is 6.70. The first-order valence-corrected chi connectivity index (χ1v) is 10.9. The fraction of sp³-hybridized carbons (Fsp3) is 0.700. The Labute approximate surface area is 160 Å². The monoisotopic (exact) mass is 377 g/mol. The van der Waals surface area contributed by atoms with Gasteiger partial charge in [0.05, 0.1) is 12.6 Å². The third-order valence-corrected chi connectivity index (χ3v) is 6.66. The molecule has 6 heteroatoms. The Hall–Kier alpha value is -1.40. The van der Waals surface area contributed by atoms with Gasteiger partial charge in [0.25, 0.3) is 0 Å². The van der Waals surface area contributed by atoms with Gasteiger partial charge in [-0.15, -0.1) is 11.3 Å². The molecule has 1 aromatic heterocycles. The molecule has 0 bridgehead atoms. The summed E-state index contributed by atoms with van der Waals surface area (Å²) in [4.78, 5) is 30.8. The SMILES string of the molecule is CCCNC(=O)C1CCN(CC(=O)N2CCc3sccc3C2CC)CC1. The number of nitrogens with zero attached hydrogens (tertiary/aromatic N) is 2. The number of carbonyl (C=O) groups is 2. The van der Waals surface area contributed by atoms with Crippen molar-refractivity contribution in [3.8, 4) is 0 Å². The van der Waals surface area contributed by atoms with Crippen LogP contribution < -0.4 is 5.32 Å². The van der Waals surface area contributed by atoms with Crippen LogP contribution in [0.3, 0.4) is 0 Å². The second-order valence-corrected chi connectivity index (χ2v) is 8.40. The molecule has 0 aliphatic carbocycles. The van der Waals surface area contributed by atoms with Gasteiger partial charge in [-0.05, 0) is 62.2 Å². The van der Waals surface area contributed by atoms with Crippen LogP contribution in [-0.2, 0) is 16.0 Å². The number of carbonyl (C=O) groups excluding carboxylic acids is 2. The summed E-state index contributed by atoms with van der Waals surface area (Å²) < 4.78 is 0. The van der Waals surface area contributed by atoms with Gasteiger partial charge in [0, 0.05) is 23.9 Å². The topological polar surface area (TPSA) is 52.7 Å². The van der Waals surface area contributed by atoms with Gasteiger partial charge in [-0.2, -0.15) is 0 Å². The summed E-state index contributed by atoms with van der Waals surface area (Å²) in [5.41, 5.74) is 1.35. The normalized spacial score (nSPS) is 21.5. The molecule has 1 N–H and O–H groups in total. The zero-order chi connectivity index (χ0) is 18.5. The summed E-state index contributed by atoms with van der Waals surface area (Å²) in [7, 11) is 0. The molecule has 2 aliphatic rings. The first-order valence-electron chi connectivity index (χ1n) is 9.99. The van der Waals surface area contributed by atoms with Gasteiger partial charge in [-0.3, -0.25) is 14.5 Å². The molecule has 2 aliphatic heterocycles. The molecule has 26 heavy (non-hydrogen) atoms. The summed E-state index contributed by atoms with van der Waals surface area (Å²) in [5, 5.41) is 5.15. The van der Waals surface area contributed by atoms with E-state index in [1.54, 1.807) is 0 Å². The average Bonchev–Trinajstić information content (AvgIpc) is 3.14. The van der Waals surface area contributed by atoms with Crippen molar-refractivity contribution < 1.29 is 9.59 Å². The van der Waals surface area contributed by atoms with Gasteiger partial charge in [-0.1, -0.05) is 13.8 Å². The fourth-order valence-electron chi connectivity index (χ4n) is 4.16. The number of fused-ring (bicyclic) bond motifs is 1. The van der Waals surface area contributed by atoms with E-state index in [1.165, 1.54) is 10.4 Å². The number of amides is 2. The van der Waals surface area contributed by atoms with Gasteiger partial charge in [0.15, 0.2) is 0 Å². The lowest BCUT2D eigenvalue weighted by Gasteiger charge is -2.38. The van der Waals surface area contributed by atoms with Crippen molar-refractivity contribution >= 4 is 23.2 Å². The van der Waals surface area contributed by atoms with Crippen molar-refractivity contribution in [1.29, 1.82) is 0 Å². The minimum atomic E-state index is 0.111. The summed E-state index contributed by atoms with van der Waals surface area (Å²) in [6, 6.07) is 2.42. The van der Waals surface area contributed by atoms with E-state index in [1.807, 2.05) is 11.3 Å². The van der Waals surface area contributed by atoms with Gasteiger partial charge >= 0.3 is 0 Å². The third kappa shape index (κ3) is 4.29. The molecule has 0 saturated carbocycles. The summed E-state index contributed by atoms with van der Waals surface area (Å²) in [6.07, 6.45) is 4.63. The van der Waals surface area contributed by atoms with Crippen molar-refractivity contribution in [2.75, 3.05) is 32.7 Å². The van der Waals surface area contributed by atoms with E-state index in [9.17, 15) is 9.59 Å². The molecule has 144 valence electrons. The molecule has 3 rings (SSSR count). The summed E-state index contributed by atoms with van der Waals surface area (Å²) in [6.45, 7) is 7.99. The maximum Gasteiger partial charge on any atom is 0.237 e. The van der Waals surface area contributed by atoms with Crippen molar-refractivity contribution in [2.24, 2.45) is 5.92 Å². The van der Waals surface area contributed by atoms with Crippen molar-refractivity contribution in [1.82, 2.24) is 15.1 Å². The molecule has 0 radical (unpaired) electrons. The van der Waals surface area contributed by atoms with Gasteiger partial charge in [0.1, 0.15) is 0 Å². The molecule has 1 fully saturated rings. The zero-order valence-corrected chi connectivity index (χ0v) is 16.8. The molecule has 1 atom stereocenters. The standard InChI is InChI=1S/C20H31N3O2S/c1-3-9-21-20(25)15-5-10-22(11-6-15)14-19(24)23-12-7-18-16(8-13-26-18)17(23)4-2/h8,13,15,17H,3-7,9-12,14H2,1-2H3,(H,21,25). The van der Waals surface area contributed by atoms with Crippen molar-refractivity contribution in [3.05, 3.63) is 21.9 Å². The van der Waals surface area contributed by atoms with Crippen LogP contribution in [0.25, 0.3) is 0 Å². The van der Waals surface area contributed by atoms with E-state index in [0.717, 1.165) is 58.3 Å². The fourth-order valence-corrected chi connectivity index (χ4v) is 5.09. The molecule has 1 unspecified atom stereocenters. The Balaban J connectivity index is 1.51. The van der Waals surface area contributed by atoms with Crippen LogP contribution in [0.4, 0.5) is 0 Å². The molecular weight excluding hydrogens is 346 g/mol. The average molecular weight is 378 g/mol. The molecule has 0 spiro atoms. The Morgan fingerprint density at radius 1 is 1.23 bits per heavy atom. The quantitative estimate of drug-likeness (QED) is 0.829. The largest absolute Gasteiger partial charge is 0.356 e. The van der Waals surface area contributed by atoms with Gasteiger partial charge in [0.2, 0.25) is 11.8 Å². The lowest BCUT2D eigenvalue weighted by molar-refractivity contribution is -0.136. The molecule has 1 aromatic rings. The van der Waals surface area contributed by atoms with E-state index < -0.39 is 0 Å². The van der Waals surface area contributed by atoms with E-state index >= 15 is 0 Å². The Morgan fingerprint density at radius 3 is 2.69 bits per heavy atom. The predicted molar refractivity (Wildman–Crippen MR) is 105 cm³/mol. The van der Waals surface area contributed by atoms with Crippen molar-refractivity contribution in [3.63, 3.8) is 0 Å². The summed E-state index contributed by atoms with van der Waals surface area (Å²) in [5.74, 6) is 0.534. The number of piperidine rings is 1. The highest BCUT2D eigenvalue weighted by molar-refractivity contribution is 7.10. The smallest absolute Gasteiger partial charge is 0.237 e. The zero-order valence-electron chi connectivity index (χ0n) is 16.0. The van der Waals surface area contributed by atoms with E-state index in [2.05, 4.69) is 40.4 Å². The molecule has 1 saturated heterocycles. The Bertz CT molecular complexity index is 622. The second kappa shape index (κ2) is 9.00. The highest BCUT2D eigenvalue weighted by atomic mass is 32.1. The van der Waals surface area contributed by atoms with Crippen LogP contribution in [0.5, 0.6) is 0 Å². The van der Waals surface area contributed by atoms with Crippen LogP contribution >= 0.6 is 11.3 Å². The van der Waals surface area contributed by atoms with E-state index in [0.29, 0.717) is 6.54 Å². The van der Waals surface area contributed by atoms with Crippen LogP contribution in [0.15, 0.2) is 11.4 Å². The molecule has 3 heterocycles. The highest BCUT2D eigenvalue weighted by Gasteiger charge is 2.32. The number of likely N-dealkylation sites (tertiary alicyclic amines) is 1. The lowest BCUT2D eigenvalue weighted by Crippen LogP contribution is -2.47. The molecular formula is C20H31N3O2S. The van der Waals surface area contributed by atoms with E-state index in [-0.39, 0.29) is 23.8 Å². The maximum atomic E-state index is 12.9. The second-order valence-electron chi connectivity index (χ2n) is 7.40.